The molecule has 1 fully saturated rings. The van der Waals surface area contributed by atoms with Crippen LogP contribution in [0, 0.1) is 0 Å². The zero-order valence-electron chi connectivity index (χ0n) is 12.7. The molecule has 0 radical (unpaired) electrons. The van der Waals surface area contributed by atoms with E-state index < -0.39 is 5.97 Å². The summed E-state index contributed by atoms with van der Waals surface area (Å²) in [5, 5.41) is 18.7. The van der Waals surface area contributed by atoms with E-state index in [-0.39, 0.29) is 6.10 Å². The summed E-state index contributed by atoms with van der Waals surface area (Å²) in [6, 6.07) is 7.59. The fraction of sp³-hybridized carbons (Fsp3) is 0.588. The first-order chi connectivity index (χ1) is 10.1. The van der Waals surface area contributed by atoms with Crippen molar-refractivity contribution in [2.24, 2.45) is 0 Å². The Morgan fingerprint density at radius 2 is 1.86 bits per heavy atom. The van der Waals surface area contributed by atoms with Crippen molar-refractivity contribution in [3.63, 3.8) is 0 Å². The molecule has 0 spiro atoms. The summed E-state index contributed by atoms with van der Waals surface area (Å²) in [5.41, 5.74) is 1.42. The highest BCUT2D eigenvalue weighted by Gasteiger charge is 2.22. The zero-order chi connectivity index (χ0) is 15.2. The molecular formula is C17H25NO3. The van der Waals surface area contributed by atoms with Gasteiger partial charge in [-0.3, -0.25) is 4.90 Å². The van der Waals surface area contributed by atoms with Crippen LogP contribution in [0.25, 0.3) is 0 Å². The number of carboxylic acid groups (broad SMARTS) is 1. The van der Waals surface area contributed by atoms with Gasteiger partial charge in [-0.1, -0.05) is 31.4 Å². The SMILES string of the molecule is CC(O)CN(Cc1ccc(C(=O)O)cc1)C1CCCCC1. The van der Waals surface area contributed by atoms with Crippen LogP contribution in [-0.4, -0.2) is 39.8 Å². The molecule has 0 aromatic heterocycles. The Balaban J connectivity index is 2.04. The van der Waals surface area contributed by atoms with Crippen molar-refractivity contribution >= 4 is 5.97 Å². The Bertz CT molecular complexity index is 450. The lowest BCUT2D eigenvalue weighted by molar-refractivity contribution is 0.0697. The topological polar surface area (TPSA) is 60.8 Å². The van der Waals surface area contributed by atoms with Gasteiger partial charge in [0.25, 0.3) is 0 Å². The second-order valence-electron chi connectivity index (χ2n) is 6.07. The number of hydrogen-bond acceptors (Lipinski definition) is 3. The molecule has 1 aliphatic carbocycles. The van der Waals surface area contributed by atoms with E-state index in [9.17, 15) is 9.90 Å². The molecule has 1 atom stereocenters. The molecule has 2 N–H and O–H groups in total. The first-order valence-electron chi connectivity index (χ1n) is 7.80. The van der Waals surface area contributed by atoms with Gasteiger partial charge in [-0.2, -0.15) is 0 Å². The number of carbonyl (C=O) groups is 1. The van der Waals surface area contributed by atoms with Gasteiger partial charge in [-0.05, 0) is 37.5 Å². The summed E-state index contributed by atoms with van der Waals surface area (Å²) >= 11 is 0. The van der Waals surface area contributed by atoms with Gasteiger partial charge in [0.2, 0.25) is 0 Å². The Morgan fingerprint density at radius 3 is 2.38 bits per heavy atom. The summed E-state index contributed by atoms with van der Waals surface area (Å²) in [6.07, 6.45) is 5.88. The summed E-state index contributed by atoms with van der Waals surface area (Å²) in [7, 11) is 0. The highest BCUT2D eigenvalue weighted by Crippen LogP contribution is 2.24. The van der Waals surface area contributed by atoms with E-state index in [1.54, 1.807) is 12.1 Å². The lowest BCUT2D eigenvalue weighted by atomic mass is 9.93. The highest BCUT2D eigenvalue weighted by atomic mass is 16.4. The van der Waals surface area contributed by atoms with E-state index in [1.807, 2.05) is 19.1 Å². The minimum Gasteiger partial charge on any atom is -0.478 e. The zero-order valence-corrected chi connectivity index (χ0v) is 12.7. The monoisotopic (exact) mass is 291 g/mol. The van der Waals surface area contributed by atoms with Crippen LogP contribution in [0.15, 0.2) is 24.3 Å². The standard InChI is InChI=1S/C17H25NO3/c1-13(19)11-18(16-5-3-2-4-6-16)12-14-7-9-15(10-8-14)17(20)21/h7-10,13,16,19H,2-6,11-12H2,1H3,(H,20,21). The lowest BCUT2D eigenvalue weighted by Gasteiger charge is -2.35. The number of rotatable bonds is 6. The van der Waals surface area contributed by atoms with E-state index in [0.717, 1.165) is 12.1 Å². The smallest absolute Gasteiger partial charge is 0.335 e. The molecule has 116 valence electrons. The van der Waals surface area contributed by atoms with Crippen molar-refractivity contribution < 1.29 is 15.0 Å². The normalized spacial score (nSPS) is 17.9. The van der Waals surface area contributed by atoms with Gasteiger partial charge >= 0.3 is 5.97 Å². The molecule has 2 rings (SSSR count). The summed E-state index contributed by atoms with van der Waals surface area (Å²) in [6.45, 7) is 3.27. The molecule has 0 heterocycles. The highest BCUT2D eigenvalue weighted by molar-refractivity contribution is 5.87. The molecule has 1 aromatic carbocycles. The molecular weight excluding hydrogens is 266 g/mol. The minimum atomic E-state index is -0.894. The Morgan fingerprint density at radius 1 is 1.24 bits per heavy atom. The van der Waals surface area contributed by atoms with Crippen molar-refractivity contribution in [1.82, 2.24) is 4.90 Å². The molecule has 21 heavy (non-hydrogen) atoms. The first kappa shape index (κ1) is 16.0. The predicted octanol–water partition coefficient (Wildman–Crippen LogP) is 2.90. The van der Waals surface area contributed by atoms with Gasteiger partial charge < -0.3 is 10.2 Å². The van der Waals surface area contributed by atoms with Crippen LogP contribution in [0.4, 0.5) is 0 Å². The largest absolute Gasteiger partial charge is 0.478 e. The van der Waals surface area contributed by atoms with Crippen LogP contribution in [0.2, 0.25) is 0 Å². The Labute approximate surface area is 126 Å². The maximum absolute atomic E-state index is 10.9. The fourth-order valence-corrected chi connectivity index (χ4v) is 3.12. The van der Waals surface area contributed by atoms with Crippen LogP contribution in [0.1, 0.15) is 54.9 Å². The van der Waals surface area contributed by atoms with Gasteiger partial charge in [0.05, 0.1) is 11.7 Å². The lowest BCUT2D eigenvalue weighted by Crippen LogP contribution is -2.40. The summed E-state index contributed by atoms with van der Waals surface area (Å²) in [5.74, 6) is -0.894. The van der Waals surface area contributed by atoms with E-state index in [4.69, 9.17) is 5.11 Å². The van der Waals surface area contributed by atoms with Crippen LogP contribution in [-0.2, 0) is 6.54 Å². The maximum atomic E-state index is 10.9. The summed E-state index contributed by atoms with van der Waals surface area (Å²) in [4.78, 5) is 13.2. The number of carboxylic acids is 1. The number of aliphatic hydroxyl groups excluding tert-OH is 1. The van der Waals surface area contributed by atoms with E-state index in [0.29, 0.717) is 18.2 Å². The van der Waals surface area contributed by atoms with Crippen LogP contribution in [0.3, 0.4) is 0 Å². The third-order valence-corrected chi connectivity index (χ3v) is 4.18. The number of nitrogens with zero attached hydrogens (tertiary/aromatic N) is 1. The van der Waals surface area contributed by atoms with Crippen molar-refractivity contribution in [3.05, 3.63) is 35.4 Å². The molecule has 4 heteroatoms. The molecule has 0 bridgehead atoms. The first-order valence-corrected chi connectivity index (χ1v) is 7.80. The third kappa shape index (κ3) is 4.83. The van der Waals surface area contributed by atoms with Crippen LogP contribution in [0.5, 0.6) is 0 Å². The summed E-state index contributed by atoms with van der Waals surface area (Å²) < 4.78 is 0. The molecule has 0 aliphatic heterocycles. The van der Waals surface area contributed by atoms with Gasteiger partial charge in [-0.15, -0.1) is 0 Å². The minimum absolute atomic E-state index is 0.318. The number of aliphatic hydroxyl groups is 1. The van der Waals surface area contributed by atoms with Crippen LogP contribution >= 0.6 is 0 Å². The molecule has 0 saturated heterocycles. The number of aromatic carboxylic acids is 1. The molecule has 1 saturated carbocycles. The van der Waals surface area contributed by atoms with Crippen molar-refractivity contribution in [1.29, 1.82) is 0 Å². The van der Waals surface area contributed by atoms with Crippen molar-refractivity contribution in [2.45, 2.75) is 57.7 Å². The maximum Gasteiger partial charge on any atom is 0.335 e. The molecule has 1 aromatic rings. The average molecular weight is 291 g/mol. The van der Waals surface area contributed by atoms with Gasteiger partial charge in [0.1, 0.15) is 0 Å². The second-order valence-corrected chi connectivity index (χ2v) is 6.07. The number of hydrogen-bond donors (Lipinski definition) is 2. The van der Waals surface area contributed by atoms with E-state index in [2.05, 4.69) is 4.90 Å². The predicted molar refractivity (Wildman–Crippen MR) is 82.4 cm³/mol. The quantitative estimate of drug-likeness (QED) is 0.846. The van der Waals surface area contributed by atoms with Crippen molar-refractivity contribution in [2.75, 3.05) is 6.54 Å². The fourth-order valence-electron chi connectivity index (χ4n) is 3.12. The van der Waals surface area contributed by atoms with Crippen molar-refractivity contribution in [3.8, 4) is 0 Å². The molecule has 1 aliphatic rings. The number of benzene rings is 1. The Hall–Kier alpha value is -1.39. The van der Waals surface area contributed by atoms with E-state index in [1.165, 1.54) is 32.1 Å². The molecule has 1 unspecified atom stereocenters. The van der Waals surface area contributed by atoms with Gasteiger partial charge in [0.15, 0.2) is 0 Å². The third-order valence-electron chi connectivity index (χ3n) is 4.18. The van der Waals surface area contributed by atoms with Gasteiger partial charge in [0, 0.05) is 19.1 Å². The second kappa shape index (κ2) is 7.57. The Kier molecular flexibility index (Phi) is 5.76. The van der Waals surface area contributed by atoms with Gasteiger partial charge in [-0.25, -0.2) is 4.79 Å². The van der Waals surface area contributed by atoms with Crippen LogP contribution < -0.4 is 0 Å². The molecule has 0 amide bonds. The van der Waals surface area contributed by atoms with E-state index >= 15 is 0 Å². The average Bonchev–Trinajstić information content (AvgIpc) is 2.47. The molecule has 4 nitrogen and oxygen atoms in total.